The molecule has 0 radical (unpaired) electrons. The van der Waals surface area contributed by atoms with Gasteiger partial charge in [-0.25, -0.2) is 0 Å². The zero-order valence-electron chi connectivity index (χ0n) is 22.2. The number of methoxy groups -OCH3 is 4. The lowest BCUT2D eigenvalue weighted by Gasteiger charge is -2.29. The number of hydrogen-bond acceptors (Lipinski definition) is 9. The van der Waals surface area contributed by atoms with Crippen molar-refractivity contribution in [3.8, 4) is 23.0 Å². The first-order valence-corrected chi connectivity index (χ1v) is 12.5. The molecule has 10 heteroatoms. The van der Waals surface area contributed by atoms with Crippen molar-refractivity contribution in [3.63, 3.8) is 0 Å². The van der Waals surface area contributed by atoms with Gasteiger partial charge < -0.3 is 33.7 Å². The van der Waals surface area contributed by atoms with Gasteiger partial charge in [0.05, 0.1) is 53.3 Å². The Kier molecular flexibility index (Phi) is 8.75. The molecule has 4 rings (SSSR count). The Balaban J connectivity index is 1.79. The lowest BCUT2D eigenvalue weighted by atomic mass is 9.94. The fourth-order valence-corrected chi connectivity index (χ4v) is 4.93. The maximum Gasteiger partial charge on any atom is 0.295 e. The lowest BCUT2D eigenvalue weighted by molar-refractivity contribution is -0.140. The number of nitrogens with zero attached hydrogens (tertiary/aromatic N) is 2. The SMILES string of the molecule is COc1cccc(/C(O)=C2\C(=O)C(=O)N(CCCN3CCOCC3)C2c2cc(OC)c(OC)c(OC)c2)c1. The van der Waals surface area contributed by atoms with Crippen LogP contribution in [0.1, 0.15) is 23.6 Å². The molecule has 0 saturated carbocycles. The number of morpholine rings is 1. The van der Waals surface area contributed by atoms with E-state index < -0.39 is 17.7 Å². The van der Waals surface area contributed by atoms with E-state index in [1.165, 1.54) is 33.3 Å². The van der Waals surface area contributed by atoms with E-state index in [1.54, 1.807) is 36.4 Å². The number of ketones is 1. The van der Waals surface area contributed by atoms with Crippen molar-refractivity contribution >= 4 is 17.4 Å². The van der Waals surface area contributed by atoms with E-state index in [4.69, 9.17) is 23.7 Å². The van der Waals surface area contributed by atoms with Crippen LogP contribution in [0.4, 0.5) is 0 Å². The van der Waals surface area contributed by atoms with Gasteiger partial charge in [-0.15, -0.1) is 0 Å². The van der Waals surface area contributed by atoms with E-state index in [1.807, 2.05) is 0 Å². The molecule has 2 aliphatic heterocycles. The Hall–Kier alpha value is -3.76. The van der Waals surface area contributed by atoms with Crippen LogP contribution >= 0.6 is 0 Å². The largest absolute Gasteiger partial charge is 0.507 e. The Bertz CT molecular complexity index is 1180. The van der Waals surface area contributed by atoms with Crippen LogP contribution in [0.2, 0.25) is 0 Å². The number of hydrogen-bond donors (Lipinski definition) is 1. The first-order valence-electron chi connectivity index (χ1n) is 12.5. The Morgan fingerprint density at radius 1 is 0.947 bits per heavy atom. The van der Waals surface area contributed by atoms with E-state index in [-0.39, 0.29) is 11.3 Å². The molecule has 10 nitrogen and oxygen atoms in total. The quantitative estimate of drug-likeness (QED) is 0.284. The fourth-order valence-electron chi connectivity index (χ4n) is 4.93. The topological polar surface area (TPSA) is 107 Å². The molecular weight excluding hydrogens is 492 g/mol. The standard InChI is InChI=1S/C28H34N2O8/c1-34-20-8-5-7-18(15-20)25(31)23-24(19-16-21(35-2)27(37-4)22(17-19)36-3)30(28(33)26(23)32)10-6-9-29-11-13-38-14-12-29/h5,7-8,15-17,24,31H,6,9-14H2,1-4H3/b25-23+. The first-order chi connectivity index (χ1) is 18.4. The number of amides is 1. The van der Waals surface area contributed by atoms with Crippen molar-refractivity contribution < 1.29 is 38.4 Å². The summed E-state index contributed by atoms with van der Waals surface area (Å²) in [5.41, 5.74) is 0.909. The van der Waals surface area contributed by atoms with Crippen LogP contribution in [0, 0.1) is 0 Å². The molecule has 0 spiro atoms. The highest BCUT2D eigenvalue weighted by molar-refractivity contribution is 6.46. The van der Waals surface area contributed by atoms with Gasteiger partial charge in [-0.3, -0.25) is 14.5 Å². The number of carbonyl (C=O) groups excluding carboxylic acids is 2. The number of likely N-dealkylation sites (tertiary alicyclic amines) is 1. The van der Waals surface area contributed by atoms with Gasteiger partial charge in [0.25, 0.3) is 11.7 Å². The smallest absolute Gasteiger partial charge is 0.295 e. The third kappa shape index (κ3) is 5.41. The minimum atomic E-state index is -0.861. The highest BCUT2D eigenvalue weighted by Gasteiger charge is 2.46. The van der Waals surface area contributed by atoms with Crippen molar-refractivity contribution in [2.24, 2.45) is 0 Å². The van der Waals surface area contributed by atoms with Crippen molar-refractivity contribution in [1.82, 2.24) is 9.80 Å². The molecule has 2 heterocycles. The number of rotatable bonds is 10. The van der Waals surface area contributed by atoms with Crippen molar-refractivity contribution in [2.75, 3.05) is 67.8 Å². The Morgan fingerprint density at radius 2 is 1.63 bits per heavy atom. The molecule has 204 valence electrons. The molecule has 2 aromatic carbocycles. The summed E-state index contributed by atoms with van der Waals surface area (Å²) < 4.78 is 27.2. The summed E-state index contributed by atoms with van der Waals surface area (Å²) in [4.78, 5) is 30.5. The molecule has 1 atom stereocenters. The Labute approximate surface area is 222 Å². The lowest BCUT2D eigenvalue weighted by Crippen LogP contribution is -2.39. The van der Waals surface area contributed by atoms with Crippen molar-refractivity contribution in [2.45, 2.75) is 12.5 Å². The predicted octanol–water partition coefficient (Wildman–Crippen LogP) is 2.87. The third-order valence-electron chi connectivity index (χ3n) is 6.86. The fraction of sp³-hybridized carbons (Fsp3) is 0.429. The second kappa shape index (κ2) is 12.2. The third-order valence-corrected chi connectivity index (χ3v) is 6.86. The van der Waals surface area contributed by atoms with Gasteiger partial charge in [-0.05, 0) is 36.2 Å². The van der Waals surface area contributed by atoms with Crippen LogP contribution in [-0.4, -0.2) is 94.4 Å². The summed E-state index contributed by atoms with van der Waals surface area (Å²) >= 11 is 0. The van der Waals surface area contributed by atoms with E-state index in [2.05, 4.69) is 4.90 Å². The van der Waals surface area contributed by atoms with Gasteiger partial charge in [0, 0.05) is 31.7 Å². The molecule has 0 bridgehead atoms. The van der Waals surface area contributed by atoms with E-state index in [0.717, 1.165) is 19.6 Å². The summed E-state index contributed by atoms with van der Waals surface area (Å²) in [5.74, 6) is -0.0551. The number of aliphatic hydroxyl groups excluding tert-OH is 1. The number of carbonyl (C=O) groups is 2. The molecule has 2 saturated heterocycles. The average Bonchev–Trinajstić information content (AvgIpc) is 3.21. The highest BCUT2D eigenvalue weighted by atomic mass is 16.5. The van der Waals surface area contributed by atoms with Gasteiger partial charge in [0.15, 0.2) is 11.5 Å². The van der Waals surface area contributed by atoms with Gasteiger partial charge in [-0.2, -0.15) is 0 Å². The summed E-state index contributed by atoms with van der Waals surface area (Å²) in [6.07, 6.45) is 0.646. The van der Waals surface area contributed by atoms with Crippen LogP contribution < -0.4 is 18.9 Å². The van der Waals surface area contributed by atoms with Crippen molar-refractivity contribution in [3.05, 3.63) is 53.1 Å². The summed E-state index contributed by atoms with van der Waals surface area (Å²) in [6.45, 7) is 4.07. The van der Waals surface area contributed by atoms with E-state index in [0.29, 0.717) is 60.3 Å². The number of benzene rings is 2. The molecule has 2 aliphatic rings. The molecule has 1 unspecified atom stereocenters. The van der Waals surface area contributed by atoms with E-state index >= 15 is 0 Å². The van der Waals surface area contributed by atoms with Gasteiger partial charge in [0.1, 0.15) is 11.5 Å². The molecule has 2 aromatic rings. The summed E-state index contributed by atoms with van der Waals surface area (Å²) in [6, 6.07) is 9.26. The maximum atomic E-state index is 13.4. The summed E-state index contributed by atoms with van der Waals surface area (Å²) in [5, 5.41) is 11.4. The van der Waals surface area contributed by atoms with Crippen LogP contribution in [0.15, 0.2) is 42.0 Å². The van der Waals surface area contributed by atoms with Crippen LogP contribution in [-0.2, 0) is 14.3 Å². The normalized spacial score (nSPS) is 19.5. The molecule has 0 aromatic heterocycles. The second-order valence-corrected chi connectivity index (χ2v) is 8.99. The first kappa shape index (κ1) is 27.3. The molecule has 2 fully saturated rings. The molecular formula is C28H34N2O8. The van der Waals surface area contributed by atoms with Gasteiger partial charge in [-0.1, -0.05) is 12.1 Å². The maximum absolute atomic E-state index is 13.4. The van der Waals surface area contributed by atoms with Crippen molar-refractivity contribution in [1.29, 1.82) is 0 Å². The predicted molar refractivity (Wildman–Crippen MR) is 140 cm³/mol. The molecule has 38 heavy (non-hydrogen) atoms. The summed E-state index contributed by atoms with van der Waals surface area (Å²) in [7, 11) is 6.01. The zero-order valence-corrected chi connectivity index (χ0v) is 22.2. The van der Waals surface area contributed by atoms with Crippen LogP contribution in [0.3, 0.4) is 0 Å². The van der Waals surface area contributed by atoms with Gasteiger partial charge >= 0.3 is 0 Å². The minimum Gasteiger partial charge on any atom is -0.507 e. The van der Waals surface area contributed by atoms with Crippen LogP contribution in [0.5, 0.6) is 23.0 Å². The minimum absolute atomic E-state index is 0.0103. The molecule has 1 N–H and O–H groups in total. The van der Waals surface area contributed by atoms with Crippen LogP contribution in [0.25, 0.3) is 5.76 Å². The zero-order chi connectivity index (χ0) is 27.2. The number of ether oxygens (including phenoxy) is 5. The number of Topliss-reactive ketones (excluding diaryl/α,β-unsaturated/α-hetero) is 1. The highest BCUT2D eigenvalue weighted by Crippen LogP contribution is 2.45. The van der Waals surface area contributed by atoms with Gasteiger partial charge in [0.2, 0.25) is 5.75 Å². The second-order valence-electron chi connectivity index (χ2n) is 8.99. The number of aliphatic hydroxyl groups is 1. The Morgan fingerprint density at radius 3 is 2.24 bits per heavy atom. The average molecular weight is 527 g/mol. The molecule has 0 aliphatic carbocycles. The monoisotopic (exact) mass is 526 g/mol. The van der Waals surface area contributed by atoms with E-state index in [9.17, 15) is 14.7 Å². The molecule has 1 amide bonds.